The second kappa shape index (κ2) is 8.20. The fourth-order valence-corrected chi connectivity index (χ4v) is 4.06. The van der Waals surface area contributed by atoms with Gasteiger partial charge < -0.3 is 9.84 Å². The standard InChI is InChI=1S/C21H22F3N3O3/c22-21(23,24)15-3-1-12(2-4-15)11-30-19-8-14(10-26-27-19)13-5-6-25-18(7-13)16-9-17(16)20(28)29/h5-8,10,12,15-17H,1-4,9,11H2,(H,28,29). The van der Waals surface area contributed by atoms with Gasteiger partial charge in [-0.25, -0.2) is 0 Å². The highest BCUT2D eigenvalue weighted by Crippen LogP contribution is 2.47. The van der Waals surface area contributed by atoms with E-state index in [9.17, 15) is 18.0 Å². The van der Waals surface area contributed by atoms with Crippen LogP contribution in [0.25, 0.3) is 11.1 Å². The molecule has 2 aliphatic carbocycles. The molecule has 30 heavy (non-hydrogen) atoms. The molecule has 2 aromatic heterocycles. The molecule has 0 saturated heterocycles. The van der Waals surface area contributed by atoms with Crippen molar-refractivity contribution in [3.63, 3.8) is 0 Å². The van der Waals surface area contributed by atoms with Crippen LogP contribution in [0.3, 0.4) is 0 Å². The number of carboxylic acids is 1. The predicted molar refractivity (Wildman–Crippen MR) is 101 cm³/mol. The van der Waals surface area contributed by atoms with Gasteiger partial charge in [0.25, 0.3) is 0 Å². The maximum absolute atomic E-state index is 12.8. The number of hydrogen-bond acceptors (Lipinski definition) is 5. The first-order valence-electron chi connectivity index (χ1n) is 10.0. The predicted octanol–water partition coefficient (Wildman–Crippen LogP) is 4.47. The first-order chi connectivity index (χ1) is 14.3. The number of alkyl halides is 3. The van der Waals surface area contributed by atoms with Crippen LogP contribution in [0.5, 0.6) is 5.88 Å². The molecule has 0 radical (unpaired) electrons. The quantitative estimate of drug-likeness (QED) is 0.741. The Labute approximate surface area is 171 Å². The minimum Gasteiger partial charge on any atom is -0.481 e. The van der Waals surface area contributed by atoms with Gasteiger partial charge in [0, 0.05) is 29.4 Å². The summed E-state index contributed by atoms with van der Waals surface area (Å²) in [6.07, 6.45) is 0.951. The van der Waals surface area contributed by atoms with Crippen molar-refractivity contribution in [2.24, 2.45) is 17.8 Å². The van der Waals surface area contributed by atoms with Gasteiger partial charge >= 0.3 is 12.1 Å². The van der Waals surface area contributed by atoms with Crippen LogP contribution >= 0.6 is 0 Å². The molecule has 0 spiro atoms. The van der Waals surface area contributed by atoms with Gasteiger partial charge in [-0.15, -0.1) is 5.10 Å². The minimum absolute atomic E-state index is 0.0696. The molecule has 2 aliphatic rings. The number of rotatable bonds is 6. The minimum atomic E-state index is -4.11. The molecule has 2 heterocycles. The van der Waals surface area contributed by atoms with Crippen molar-refractivity contribution in [1.29, 1.82) is 0 Å². The van der Waals surface area contributed by atoms with E-state index in [1.165, 1.54) is 0 Å². The summed E-state index contributed by atoms with van der Waals surface area (Å²) in [6, 6.07) is 5.39. The summed E-state index contributed by atoms with van der Waals surface area (Å²) in [6.45, 7) is 0.312. The molecule has 0 amide bonds. The smallest absolute Gasteiger partial charge is 0.391 e. The van der Waals surface area contributed by atoms with Crippen LogP contribution in [0.2, 0.25) is 0 Å². The van der Waals surface area contributed by atoms with Gasteiger partial charge in [0.2, 0.25) is 5.88 Å². The van der Waals surface area contributed by atoms with Crippen molar-refractivity contribution < 1.29 is 27.8 Å². The summed E-state index contributed by atoms with van der Waals surface area (Å²) in [5, 5.41) is 17.0. The Bertz CT molecular complexity index is 914. The summed E-state index contributed by atoms with van der Waals surface area (Å²) < 4.78 is 44.1. The average Bonchev–Trinajstić information content (AvgIpc) is 3.54. The SMILES string of the molecule is O=C(O)C1CC1c1cc(-c2cnnc(OCC3CCC(C(F)(F)F)CC3)c2)ccn1. The lowest BCUT2D eigenvalue weighted by Crippen LogP contribution is -2.29. The molecule has 1 N–H and O–H groups in total. The molecule has 0 aliphatic heterocycles. The largest absolute Gasteiger partial charge is 0.481 e. The van der Waals surface area contributed by atoms with Gasteiger partial charge in [0.15, 0.2) is 0 Å². The molecular weight excluding hydrogens is 399 g/mol. The van der Waals surface area contributed by atoms with Gasteiger partial charge in [0.1, 0.15) is 0 Å². The second-order valence-electron chi connectivity index (χ2n) is 8.11. The van der Waals surface area contributed by atoms with E-state index in [4.69, 9.17) is 9.84 Å². The highest BCUT2D eigenvalue weighted by molar-refractivity contribution is 5.75. The van der Waals surface area contributed by atoms with E-state index < -0.39 is 18.1 Å². The zero-order chi connectivity index (χ0) is 21.3. The third kappa shape index (κ3) is 4.71. The van der Waals surface area contributed by atoms with Crippen LogP contribution < -0.4 is 4.74 Å². The lowest BCUT2D eigenvalue weighted by Gasteiger charge is -2.29. The van der Waals surface area contributed by atoms with Gasteiger partial charge in [-0.2, -0.15) is 18.3 Å². The van der Waals surface area contributed by atoms with Crippen molar-refractivity contribution in [2.75, 3.05) is 6.61 Å². The first kappa shape index (κ1) is 20.6. The molecule has 2 unspecified atom stereocenters. The number of aliphatic carboxylic acids is 1. The Morgan fingerprint density at radius 3 is 2.60 bits per heavy atom. The van der Waals surface area contributed by atoms with E-state index in [1.807, 2.05) is 6.07 Å². The molecule has 0 aromatic carbocycles. The lowest BCUT2D eigenvalue weighted by atomic mass is 9.82. The van der Waals surface area contributed by atoms with Crippen LogP contribution in [-0.2, 0) is 4.79 Å². The van der Waals surface area contributed by atoms with E-state index >= 15 is 0 Å². The number of carboxylic acid groups (broad SMARTS) is 1. The molecule has 9 heteroatoms. The Morgan fingerprint density at radius 1 is 1.17 bits per heavy atom. The zero-order valence-corrected chi connectivity index (χ0v) is 16.2. The summed E-state index contributed by atoms with van der Waals surface area (Å²) >= 11 is 0. The highest BCUT2D eigenvalue weighted by Gasteiger charge is 2.45. The molecule has 4 rings (SSSR count). The molecule has 0 bridgehead atoms. The summed E-state index contributed by atoms with van der Waals surface area (Å²) in [4.78, 5) is 15.4. The van der Waals surface area contributed by atoms with Gasteiger partial charge in [-0.3, -0.25) is 9.78 Å². The molecule has 2 saturated carbocycles. The third-order valence-electron chi connectivity index (χ3n) is 6.01. The van der Waals surface area contributed by atoms with Gasteiger partial charge in [-0.05, 0) is 55.7 Å². The number of carbonyl (C=O) groups is 1. The number of ether oxygens (including phenoxy) is 1. The monoisotopic (exact) mass is 421 g/mol. The maximum atomic E-state index is 12.8. The molecule has 2 fully saturated rings. The normalized spacial score (nSPS) is 26.2. The van der Waals surface area contributed by atoms with Gasteiger partial charge in [0.05, 0.1) is 24.6 Å². The maximum Gasteiger partial charge on any atom is 0.391 e. The van der Waals surface area contributed by atoms with E-state index in [-0.39, 0.29) is 30.6 Å². The van der Waals surface area contributed by atoms with Crippen LogP contribution in [0.4, 0.5) is 13.2 Å². The molecular formula is C21H22F3N3O3. The molecule has 2 aromatic rings. The highest BCUT2D eigenvalue weighted by atomic mass is 19.4. The summed E-state index contributed by atoms with van der Waals surface area (Å²) in [5.74, 6) is -2.07. The average molecular weight is 421 g/mol. The van der Waals surface area contributed by atoms with Crippen LogP contribution in [0, 0.1) is 17.8 Å². The number of aromatic nitrogens is 3. The van der Waals surface area contributed by atoms with Crippen LogP contribution in [-0.4, -0.2) is 39.0 Å². The van der Waals surface area contributed by atoms with Crippen molar-refractivity contribution in [2.45, 2.75) is 44.2 Å². The Kier molecular flexibility index (Phi) is 5.62. The van der Waals surface area contributed by atoms with Crippen molar-refractivity contribution in [1.82, 2.24) is 15.2 Å². The van der Waals surface area contributed by atoms with Crippen LogP contribution in [0.1, 0.15) is 43.7 Å². The van der Waals surface area contributed by atoms with Crippen molar-refractivity contribution >= 4 is 5.97 Å². The Morgan fingerprint density at radius 2 is 1.93 bits per heavy atom. The zero-order valence-electron chi connectivity index (χ0n) is 16.2. The fraction of sp³-hybridized carbons (Fsp3) is 0.524. The van der Waals surface area contributed by atoms with Crippen LogP contribution in [0.15, 0.2) is 30.6 Å². The third-order valence-corrected chi connectivity index (χ3v) is 6.01. The number of pyridine rings is 1. The summed E-state index contributed by atoms with van der Waals surface area (Å²) in [5.41, 5.74) is 2.33. The lowest BCUT2D eigenvalue weighted by molar-refractivity contribution is -0.184. The number of halogens is 3. The van der Waals surface area contributed by atoms with E-state index in [0.717, 1.165) is 16.8 Å². The first-order valence-corrected chi connectivity index (χ1v) is 10.0. The molecule has 160 valence electrons. The van der Waals surface area contributed by atoms with Gasteiger partial charge in [-0.1, -0.05) is 0 Å². The fourth-order valence-electron chi connectivity index (χ4n) is 4.06. The molecule has 2 atom stereocenters. The summed E-state index contributed by atoms with van der Waals surface area (Å²) in [7, 11) is 0. The number of nitrogens with zero attached hydrogens (tertiary/aromatic N) is 3. The Balaban J connectivity index is 1.36. The van der Waals surface area contributed by atoms with Crippen molar-refractivity contribution in [3.8, 4) is 17.0 Å². The number of hydrogen-bond donors (Lipinski definition) is 1. The van der Waals surface area contributed by atoms with E-state index in [0.29, 0.717) is 31.7 Å². The van der Waals surface area contributed by atoms with E-state index in [1.54, 1.807) is 24.5 Å². The second-order valence-corrected chi connectivity index (χ2v) is 8.11. The van der Waals surface area contributed by atoms with E-state index in [2.05, 4.69) is 15.2 Å². The topological polar surface area (TPSA) is 85.2 Å². The van der Waals surface area contributed by atoms with Crippen molar-refractivity contribution in [3.05, 3.63) is 36.3 Å². The Hall–Kier alpha value is -2.71. The molecule has 6 nitrogen and oxygen atoms in total.